The summed E-state index contributed by atoms with van der Waals surface area (Å²) in [4.78, 5) is 0. The second-order valence-corrected chi connectivity index (χ2v) is 2.57. The number of anilines is 2. The fraction of sp³-hybridized carbons (Fsp3) is 0.125. The van der Waals surface area contributed by atoms with E-state index in [1.807, 2.05) is 25.1 Å². The molecule has 0 aliphatic heterocycles. The molecule has 0 aliphatic rings. The molecule has 1 aromatic carbocycles. The maximum atomic E-state index is 5.57. The molecular weight excluding hydrogens is 156 g/mol. The summed E-state index contributed by atoms with van der Waals surface area (Å²) in [6, 6.07) is 5.68. The predicted octanol–water partition coefficient (Wildman–Crippen LogP) is 1.95. The summed E-state index contributed by atoms with van der Waals surface area (Å²) in [6.07, 6.45) is 0. The Balaban J connectivity index is 3.01. The average Bonchev–Trinajstić information content (AvgIpc) is 1.98. The molecular formula is C8H10N2S. The van der Waals surface area contributed by atoms with Gasteiger partial charge in [0.05, 0.1) is 5.49 Å². The lowest BCUT2D eigenvalue weighted by molar-refractivity contribution is 1.46. The van der Waals surface area contributed by atoms with Crippen molar-refractivity contribution in [2.75, 3.05) is 11.1 Å². The number of hydrogen-bond donors (Lipinski definition) is 2. The number of aryl methyl sites for hydroxylation is 1. The van der Waals surface area contributed by atoms with Crippen LogP contribution in [0.2, 0.25) is 0 Å². The van der Waals surface area contributed by atoms with Crippen molar-refractivity contribution in [1.82, 2.24) is 0 Å². The molecule has 0 fully saturated rings. The van der Waals surface area contributed by atoms with E-state index in [0.29, 0.717) is 0 Å². The van der Waals surface area contributed by atoms with Gasteiger partial charge in [-0.1, -0.05) is 18.3 Å². The summed E-state index contributed by atoms with van der Waals surface area (Å²) in [6.45, 7) is 2.00. The van der Waals surface area contributed by atoms with Crippen molar-refractivity contribution >= 4 is 29.1 Å². The molecule has 58 valence electrons. The number of hydrogen-bond acceptors (Lipinski definition) is 2. The van der Waals surface area contributed by atoms with Gasteiger partial charge in [-0.25, -0.2) is 0 Å². The van der Waals surface area contributed by atoms with Gasteiger partial charge in [0.15, 0.2) is 0 Å². The molecule has 0 heterocycles. The van der Waals surface area contributed by atoms with Gasteiger partial charge in [0.2, 0.25) is 0 Å². The summed E-state index contributed by atoms with van der Waals surface area (Å²) in [5.74, 6) is 0. The van der Waals surface area contributed by atoms with Crippen LogP contribution in [0.25, 0.3) is 0 Å². The van der Waals surface area contributed by atoms with E-state index in [9.17, 15) is 0 Å². The first-order valence-electron chi connectivity index (χ1n) is 3.30. The number of nitrogens with one attached hydrogen (secondary N) is 1. The van der Waals surface area contributed by atoms with E-state index in [2.05, 4.69) is 17.5 Å². The maximum Gasteiger partial charge on any atom is 0.0659 e. The zero-order valence-corrected chi connectivity index (χ0v) is 7.11. The molecule has 11 heavy (non-hydrogen) atoms. The number of nitrogens with two attached hydrogens (primary N) is 1. The van der Waals surface area contributed by atoms with Crippen LogP contribution < -0.4 is 11.1 Å². The third-order valence-corrected chi connectivity index (χ3v) is 1.59. The van der Waals surface area contributed by atoms with Gasteiger partial charge in [0, 0.05) is 11.4 Å². The molecule has 0 atom stereocenters. The second-order valence-electron chi connectivity index (χ2n) is 2.34. The first-order valence-corrected chi connectivity index (χ1v) is 3.77. The van der Waals surface area contributed by atoms with Crippen LogP contribution in [0.5, 0.6) is 0 Å². The van der Waals surface area contributed by atoms with Crippen LogP contribution in [0.1, 0.15) is 5.56 Å². The van der Waals surface area contributed by atoms with Crippen molar-refractivity contribution in [1.29, 1.82) is 0 Å². The Labute approximate surface area is 71.4 Å². The summed E-state index contributed by atoms with van der Waals surface area (Å²) < 4.78 is 0. The van der Waals surface area contributed by atoms with Crippen molar-refractivity contribution in [2.45, 2.75) is 6.92 Å². The van der Waals surface area contributed by atoms with Crippen molar-refractivity contribution < 1.29 is 0 Å². The number of benzene rings is 1. The smallest absolute Gasteiger partial charge is 0.0659 e. The molecule has 1 aromatic rings. The van der Waals surface area contributed by atoms with Crippen LogP contribution >= 0.6 is 12.2 Å². The molecule has 2 nitrogen and oxygen atoms in total. The van der Waals surface area contributed by atoms with E-state index < -0.39 is 0 Å². The van der Waals surface area contributed by atoms with Gasteiger partial charge in [-0.15, -0.1) is 0 Å². The topological polar surface area (TPSA) is 38.0 Å². The third-order valence-electron chi connectivity index (χ3n) is 1.48. The van der Waals surface area contributed by atoms with Crippen LogP contribution in [-0.2, 0) is 0 Å². The lowest BCUT2D eigenvalue weighted by Crippen LogP contribution is -1.96. The highest BCUT2D eigenvalue weighted by atomic mass is 32.1. The molecule has 3 heteroatoms. The van der Waals surface area contributed by atoms with Crippen molar-refractivity contribution in [3.63, 3.8) is 0 Å². The Morgan fingerprint density at radius 2 is 2.27 bits per heavy atom. The number of thiocarbonyl (C=S) groups is 1. The van der Waals surface area contributed by atoms with Gasteiger partial charge >= 0.3 is 0 Å². The quantitative estimate of drug-likeness (QED) is 0.521. The Kier molecular flexibility index (Phi) is 2.44. The molecule has 1 rings (SSSR count). The largest absolute Gasteiger partial charge is 0.399 e. The first kappa shape index (κ1) is 8.01. The molecule has 0 radical (unpaired) electrons. The van der Waals surface area contributed by atoms with Gasteiger partial charge in [-0.3, -0.25) is 0 Å². The molecule has 0 amide bonds. The second kappa shape index (κ2) is 3.34. The molecule has 3 N–H and O–H groups in total. The van der Waals surface area contributed by atoms with Gasteiger partial charge in [-0.05, 0) is 24.6 Å². The highest BCUT2D eigenvalue weighted by Gasteiger charge is 1.94. The molecule has 0 saturated carbocycles. The van der Waals surface area contributed by atoms with Gasteiger partial charge in [0.1, 0.15) is 0 Å². The monoisotopic (exact) mass is 166 g/mol. The van der Waals surface area contributed by atoms with E-state index in [1.54, 1.807) is 0 Å². The number of nitrogen functional groups attached to an aromatic ring is 1. The summed E-state index contributed by atoms with van der Waals surface area (Å²) in [5, 5.41) is 2.93. The summed E-state index contributed by atoms with van der Waals surface area (Å²) >= 11 is 4.66. The molecule has 0 spiro atoms. The third kappa shape index (κ3) is 1.91. The Hall–Kier alpha value is -1.09. The minimum absolute atomic E-state index is 0.745. The predicted molar refractivity (Wildman–Crippen MR) is 52.9 cm³/mol. The molecule has 0 bridgehead atoms. The lowest BCUT2D eigenvalue weighted by atomic mass is 10.2. The molecule has 0 unspecified atom stereocenters. The Morgan fingerprint density at radius 3 is 2.91 bits per heavy atom. The minimum atomic E-state index is 0.745. The number of rotatable bonds is 2. The van der Waals surface area contributed by atoms with Crippen LogP contribution in [0.3, 0.4) is 0 Å². The maximum absolute atomic E-state index is 5.57. The molecule has 0 aromatic heterocycles. The van der Waals surface area contributed by atoms with Crippen molar-refractivity contribution in [3.05, 3.63) is 23.8 Å². The SMILES string of the molecule is Cc1ccc(N)cc1NC=S. The molecule has 0 saturated heterocycles. The summed E-state index contributed by atoms with van der Waals surface area (Å²) in [5.41, 5.74) is 9.90. The van der Waals surface area contributed by atoms with Crippen molar-refractivity contribution in [2.24, 2.45) is 0 Å². The van der Waals surface area contributed by atoms with Gasteiger partial charge in [-0.2, -0.15) is 0 Å². The van der Waals surface area contributed by atoms with Gasteiger partial charge in [0.25, 0.3) is 0 Å². The zero-order valence-electron chi connectivity index (χ0n) is 6.29. The Bertz CT molecular complexity index is 271. The fourth-order valence-electron chi connectivity index (χ4n) is 0.859. The normalized spacial score (nSPS) is 9.18. The zero-order chi connectivity index (χ0) is 8.27. The van der Waals surface area contributed by atoms with Crippen LogP contribution in [-0.4, -0.2) is 5.49 Å². The van der Waals surface area contributed by atoms with E-state index in [4.69, 9.17) is 5.73 Å². The van der Waals surface area contributed by atoms with Crippen molar-refractivity contribution in [3.8, 4) is 0 Å². The highest BCUT2D eigenvalue weighted by Crippen LogP contribution is 2.16. The van der Waals surface area contributed by atoms with Crippen LogP contribution in [0, 0.1) is 6.92 Å². The van der Waals surface area contributed by atoms with Crippen LogP contribution in [0.15, 0.2) is 18.2 Å². The minimum Gasteiger partial charge on any atom is -0.399 e. The van der Waals surface area contributed by atoms with E-state index in [-0.39, 0.29) is 0 Å². The van der Waals surface area contributed by atoms with Gasteiger partial charge < -0.3 is 11.1 Å². The van der Waals surface area contributed by atoms with Crippen LogP contribution in [0.4, 0.5) is 11.4 Å². The first-order chi connectivity index (χ1) is 5.24. The lowest BCUT2D eigenvalue weighted by Gasteiger charge is -2.04. The summed E-state index contributed by atoms with van der Waals surface area (Å²) in [7, 11) is 0. The van der Waals surface area contributed by atoms with E-state index in [0.717, 1.165) is 16.9 Å². The fourth-order valence-corrected chi connectivity index (χ4v) is 0.986. The van der Waals surface area contributed by atoms with E-state index in [1.165, 1.54) is 5.49 Å². The average molecular weight is 166 g/mol. The molecule has 0 aliphatic carbocycles. The van der Waals surface area contributed by atoms with E-state index >= 15 is 0 Å². The standard InChI is InChI=1S/C8H10N2S/c1-6-2-3-7(9)4-8(6)10-5-11/h2-5H,9H2,1H3,(H,10,11). The Morgan fingerprint density at radius 1 is 1.55 bits per heavy atom. The highest BCUT2D eigenvalue weighted by molar-refractivity contribution is 7.79.